The normalized spacial score (nSPS) is 15.2. The second-order valence-corrected chi connectivity index (χ2v) is 9.90. The van der Waals surface area contributed by atoms with Crippen molar-refractivity contribution < 1.29 is 23.7 Å². The summed E-state index contributed by atoms with van der Waals surface area (Å²) in [6.07, 6.45) is 1.78. The Morgan fingerprint density at radius 2 is 1.81 bits per heavy atom. The third kappa shape index (κ3) is 5.21. The van der Waals surface area contributed by atoms with Gasteiger partial charge in [0.2, 0.25) is 0 Å². The smallest absolute Gasteiger partial charge is 0.338 e. The Kier molecular flexibility index (Phi) is 8.19. The third-order valence-corrected chi connectivity index (χ3v) is 7.40. The molecule has 0 bridgehead atoms. The lowest BCUT2D eigenvalue weighted by Crippen LogP contribution is -2.39. The number of hydrogen-bond acceptors (Lipinski definition) is 8. The molecule has 194 valence electrons. The molecule has 2 aromatic carbocycles. The molecule has 0 fully saturated rings. The number of rotatable bonds is 8. The van der Waals surface area contributed by atoms with Crippen LogP contribution in [0.4, 0.5) is 0 Å². The van der Waals surface area contributed by atoms with Crippen LogP contribution in [-0.2, 0) is 9.53 Å². The largest absolute Gasteiger partial charge is 0.496 e. The maximum atomic E-state index is 13.8. The Balaban J connectivity index is 1.91. The van der Waals surface area contributed by atoms with E-state index in [1.54, 1.807) is 44.8 Å². The molecule has 3 aromatic rings. The molecule has 0 spiro atoms. The van der Waals surface area contributed by atoms with Crippen LogP contribution in [0.5, 0.6) is 17.2 Å². The van der Waals surface area contributed by atoms with E-state index in [1.165, 1.54) is 11.3 Å². The number of thiazole rings is 1. The van der Waals surface area contributed by atoms with Crippen molar-refractivity contribution in [2.75, 3.05) is 27.4 Å². The van der Waals surface area contributed by atoms with E-state index in [0.717, 1.165) is 11.1 Å². The van der Waals surface area contributed by atoms with E-state index in [-0.39, 0.29) is 12.2 Å². The van der Waals surface area contributed by atoms with Crippen LogP contribution in [0.2, 0.25) is 0 Å². The fourth-order valence-electron chi connectivity index (χ4n) is 4.16. The van der Waals surface area contributed by atoms with Gasteiger partial charge in [-0.15, -0.1) is 0 Å². The molecule has 0 radical (unpaired) electrons. The minimum Gasteiger partial charge on any atom is -0.496 e. The van der Waals surface area contributed by atoms with Crippen molar-refractivity contribution in [3.63, 3.8) is 0 Å². The highest BCUT2D eigenvalue weighted by molar-refractivity contribution is 9.10. The van der Waals surface area contributed by atoms with E-state index in [1.807, 2.05) is 37.3 Å². The molecule has 0 unspecified atom stereocenters. The summed E-state index contributed by atoms with van der Waals surface area (Å²) in [6, 6.07) is 10.2. The van der Waals surface area contributed by atoms with Crippen molar-refractivity contribution in [1.82, 2.24) is 4.57 Å². The van der Waals surface area contributed by atoms with Crippen molar-refractivity contribution in [3.05, 3.63) is 83.0 Å². The van der Waals surface area contributed by atoms with Crippen LogP contribution >= 0.6 is 27.3 Å². The number of carbonyl (C=O) groups is 1. The number of halogens is 1. The zero-order chi connectivity index (χ0) is 26.7. The summed E-state index contributed by atoms with van der Waals surface area (Å²) in [5.41, 5.74) is 2.06. The van der Waals surface area contributed by atoms with Gasteiger partial charge in [0, 0.05) is 0 Å². The van der Waals surface area contributed by atoms with Gasteiger partial charge in [0.15, 0.2) is 16.3 Å². The monoisotopic (exact) mass is 586 g/mol. The van der Waals surface area contributed by atoms with Gasteiger partial charge >= 0.3 is 5.97 Å². The van der Waals surface area contributed by atoms with E-state index in [2.05, 4.69) is 20.9 Å². The number of hydrogen-bond donors (Lipinski definition) is 0. The van der Waals surface area contributed by atoms with E-state index in [0.29, 0.717) is 48.9 Å². The first kappa shape index (κ1) is 26.7. The number of esters is 1. The highest BCUT2D eigenvalue weighted by Gasteiger charge is 2.33. The van der Waals surface area contributed by atoms with Crippen LogP contribution in [0.25, 0.3) is 6.08 Å². The van der Waals surface area contributed by atoms with Gasteiger partial charge in [0.05, 0.1) is 53.8 Å². The van der Waals surface area contributed by atoms with Gasteiger partial charge in [0.1, 0.15) is 5.75 Å². The molecule has 1 aliphatic rings. The summed E-state index contributed by atoms with van der Waals surface area (Å²) in [7, 11) is 3.15. The average molecular weight is 587 g/mol. The molecule has 8 nitrogen and oxygen atoms in total. The van der Waals surface area contributed by atoms with Crippen molar-refractivity contribution in [2.24, 2.45) is 4.99 Å². The summed E-state index contributed by atoms with van der Waals surface area (Å²) in [4.78, 5) is 31.9. The molecular weight excluding hydrogens is 560 g/mol. The van der Waals surface area contributed by atoms with Gasteiger partial charge in [-0.25, -0.2) is 9.79 Å². The van der Waals surface area contributed by atoms with Gasteiger partial charge in [-0.3, -0.25) is 9.36 Å². The SMILES string of the molecule is CCOC(=O)C1=C(C)N=c2s/c(=C/c3ccc(OCC)c(OC)c3)c(=O)n2[C@H]1c1ccc(OC)c(Br)c1. The standard InChI is InChI=1S/C27H27BrN2O6S/c1-6-35-20-10-8-16(12-21(20)34-5)13-22-25(31)30-24(17-9-11-19(33-4)18(28)14-17)23(26(32)36-7-2)15(3)29-27(30)37-22/h8-14,24H,6-7H2,1-5H3/b22-13+/t24-/m0/s1. The fourth-order valence-corrected chi connectivity index (χ4v) is 5.76. The zero-order valence-corrected chi connectivity index (χ0v) is 23.6. The van der Waals surface area contributed by atoms with E-state index < -0.39 is 12.0 Å². The maximum Gasteiger partial charge on any atom is 0.338 e. The molecule has 1 aliphatic heterocycles. The molecule has 0 amide bonds. The number of carbonyl (C=O) groups excluding carboxylic acids is 1. The zero-order valence-electron chi connectivity index (χ0n) is 21.2. The Morgan fingerprint density at radius 1 is 1.08 bits per heavy atom. The number of fused-ring (bicyclic) bond motifs is 1. The van der Waals surface area contributed by atoms with Crippen molar-refractivity contribution in [3.8, 4) is 17.2 Å². The Hall–Kier alpha value is -3.37. The number of benzene rings is 2. The van der Waals surface area contributed by atoms with Crippen molar-refractivity contribution in [1.29, 1.82) is 0 Å². The highest BCUT2D eigenvalue weighted by atomic mass is 79.9. The summed E-state index contributed by atoms with van der Waals surface area (Å²) in [6.45, 7) is 6.12. The molecule has 0 N–H and O–H groups in total. The molecule has 1 atom stereocenters. The highest BCUT2D eigenvalue weighted by Crippen LogP contribution is 2.35. The fraction of sp³-hybridized carbons (Fsp3) is 0.296. The number of nitrogens with zero attached hydrogens (tertiary/aromatic N) is 2. The molecule has 1 aromatic heterocycles. The summed E-state index contributed by atoms with van der Waals surface area (Å²) < 4.78 is 24.5. The van der Waals surface area contributed by atoms with E-state index in [9.17, 15) is 9.59 Å². The lowest BCUT2D eigenvalue weighted by molar-refractivity contribution is -0.139. The number of allylic oxidation sites excluding steroid dienone is 1. The average Bonchev–Trinajstić information content (AvgIpc) is 3.18. The summed E-state index contributed by atoms with van der Waals surface area (Å²) in [5.74, 6) is 1.33. The van der Waals surface area contributed by atoms with Crippen LogP contribution in [0.1, 0.15) is 37.9 Å². The van der Waals surface area contributed by atoms with E-state index in [4.69, 9.17) is 18.9 Å². The lowest BCUT2D eigenvalue weighted by Gasteiger charge is -2.25. The second kappa shape index (κ2) is 11.4. The molecule has 0 aliphatic carbocycles. The first-order valence-electron chi connectivity index (χ1n) is 11.7. The number of aromatic nitrogens is 1. The van der Waals surface area contributed by atoms with Gasteiger partial charge in [-0.1, -0.05) is 23.5 Å². The number of methoxy groups -OCH3 is 2. The van der Waals surface area contributed by atoms with Crippen molar-refractivity contribution in [2.45, 2.75) is 26.8 Å². The first-order valence-corrected chi connectivity index (χ1v) is 13.3. The summed E-state index contributed by atoms with van der Waals surface area (Å²) in [5, 5.41) is 0. The Labute approximate surface area is 226 Å². The van der Waals surface area contributed by atoms with E-state index >= 15 is 0 Å². The lowest BCUT2D eigenvalue weighted by atomic mass is 9.96. The Bertz CT molecular complexity index is 1560. The first-order chi connectivity index (χ1) is 17.8. The second-order valence-electron chi connectivity index (χ2n) is 8.04. The van der Waals surface area contributed by atoms with Gasteiger partial charge in [-0.2, -0.15) is 0 Å². The molecule has 37 heavy (non-hydrogen) atoms. The topological polar surface area (TPSA) is 88.4 Å². The Morgan fingerprint density at radius 3 is 2.46 bits per heavy atom. The van der Waals surface area contributed by atoms with Gasteiger partial charge in [0.25, 0.3) is 5.56 Å². The molecular formula is C27H27BrN2O6S. The van der Waals surface area contributed by atoms with Gasteiger partial charge < -0.3 is 18.9 Å². The predicted molar refractivity (Wildman–Crippen MR) is 145 cm³/mol. The van der Waals surface area contributed by atoms with Crippen LogP contribution in [0, 0.1) is 0 Å². The predicted octanol–water partition coefficient (Wildman–Crippen LogP) is 3.98. The molecule has 0 saturated heterocycles. The molecule has 0 saturated carbocycles. The number of ether oxygens (including phenoxy) is 4. The molecule has 2 heterocycles. The maximum absolute atomic E-state index is 13.8. The summed E-state index contributed by atoms with van der Waals surface area (Å²) >= 11 is 4.78. The molecule has 4 rings (SSSR count). The van der Waals surface area contributed by atoms with Crippen molar-refractivity contribution >= 4 is 39.3 Å². The minimum absolute atomic E-state index is 0.207. The minimum atomic E-state index is -0.713. The van der Waals surface area contributed by atoms with Crippen LogP contribution in [-0.4, -0.2) is 38.0 Å². The van der Waals surface area contributed by atoms with Gasteiger partial charge in [-0.05, 0) is 78.2 Å². The molecule has 10 heteroatoms. The van der Waals surface area contributed by atoms with Crippen LogP contribution in [0.3, 0.4) is 0 Å². The quantitative estimate of drug-likeness (QED) is 0.371. The third-order valence-electron chi connectivity index (χ3n) is 5.79. The van der Waals surface area contributed by atoms with Crippen LogP contribution in [0.15, 0.2) is 61.9 Å². The van der Waals surface area contributed by atoms with Crippen LogP contribution < -0.4 is 29.1 Å².